The second kappa shape index (κ2) is 6.81. The van der Waals surface area contributed by atoms with Crippen molar-refractivity contribution in [1.29, 1.82) is 0 Å². The molecule has 0 aromatic heterocycles. The van der Waals surface area contributed by atoms with Gasteiger partial charge in [0, 0.05) is 6.54 Å². The van der Waals surface area contributed by atoms with Crippen LogP contribution in [-0.2, 0) is 6.54 Å². The van der Waals surface area contributed by atoms with E-state index >= 15 is 0 Å². The van der Waals surface area contributed by atoms with E-state index in [2.05, 4.69) is 17.4 Å². The zero-order valence-corrected chi connectivity index (χ0v) is 11.3. The van der Waals surface area contributed by atoms with E-state index in [-0.39, 0.29) is 0 Å². The first-order valence-corrected chi connectivity index (χ1v) is 6.46. The van der Waals surface area contributed by atoms with Gasteiger partial charge in [-0.3, -0.25) is 0 Å². The maximum absolute atomic E-state index is 5.77. The molecule has 3 heteroatoms. The number of hydrogen-bond acceptors (Lipinski definition) is 3. The molecule has 1 N–H and O–H groups in total. The van der Waals surface area contributed by atoms with Crippen LogP contribution in [0.1, 0.15) is 12.5 Å². The maximum Gasteiger partial charge on any atom is 0.127 e. The van der Waals surface area contributed by atoms with E-state index < -0.39 is 0 Å². The van der Waals surface area contributed by atoms with Crippen molar-refractivity contribution in [2.24, 2.45) is 0 Å². The van der Waals surface area contributed by atoms with Crippen LogP contribution in [0.5, 0.6) is 17.2 Å². The van der Waals surface area contributed by atoms with Crippen LogP contribution in [-0.4, -0.2) is 13.7 Å². The summed E-state index contributed by atoms with van der Waals surface area (Å²) in [6, 6.07) is 15.7. The maximum atomic E-state index is 5.77. The zero-order chi connectivity index (χ0) is 13.5. The van der Waals surface area contributed by atoms with Crippen molar-refractivity contribution in [1.82, 2.24) is 5.32 Å². The Hall–Kier alpha value is -2.00. The summed E-state index contributed by atoms with van der Waals surface area (Å²) in [5, 5.41) is 3.12. The fourth-order valence-corrected chi connectivity index (χ4v) is 1.79. The van der Waals surface area contributed by atoms with Gasteiger partial charge in [-0.1, -0.05) is 12.1 Å². The molecule has 100 valence electrons. The molecule has 0 amide bonds. The third kappa shape index (κ3) is 4.00. The largest absolute Gasteiger partial charge is 0.494 e. The molecule has 2 aromatic carbocycles. The van der Waals surface area contributed by atoms with Crippen LogP contribution in [0.25, 0.3) is 0 Å². The molecule has 0 spiro atoms. The number of rotatable bonds is 6. The van der Waals surface area contributed by atoms with Gasteiger partial charge < -0.3 is 14.8 Å². The van der Waals surface area contributed by atoms with Crippen molar-refractivity contribution < 1.29 is 9.47 Å². The lowest BCUT2D eigenvalue weighted by Gasteiger charge is -2.08. The van der Waals surface area contributed by atoms with Gasteiger partial charge >= 0.3 is 0 Å². The average molecular weight is 257 g/mol. The molecule has 0 aliphatic rings. The lowest BCUT2D eigenvalue weighted by Crippen LogP contribution is -2.04. The van der Waals surface area contributed by atoms with Gasteiger partial charge in [0.05, 0.1) is 6.61 Å². The van der Waals surface area contributed by atoms with Gasteiger partial charge in [0.1, 0.15) is 17.2 Å². The summed E-state index contributed by atoms with van der Waals surface area (Å²) in [5.41, 5.74) is 1.24. The standard InChI is InChI=1S/C16H19NO2/c1-3-18-14-8-10-16(11-9-14)19-15-6-4-13(5-7-15)12-17-2/h4-11,17H,3,12H2,1-2H3. The van der Waals surface area contributed by atoms with Crippen LogP contribution in [0.3, 0.4) is 0 Å². The second-order valence-electron chi connectivity index (χ2n) is 4.18. The van der Waals surface area contributed by atoms with Gasteiger partial charge in [0.2, 0.25) is 0 Å². The molecule has 0 fully saturated rings. The van der Waals surface area contributed by atoms with Gasteiger partial charge in [-0.2, -0.15) is 0 Å². The quantitative estimate of drug-likeness (QED) is 0.857. The van der Waals surface area contributed by atoms with Gasteiger partial charge in [0.25, 0.3) is 0 Å². The summed E-state index contributed by atoms with van der Waals surface area (Å²) in [5.74, 6) is 2.51. The molecule has 0 radical (unpaired) electrons. The Morgan fingerprint density at radius 2 is 1.37 bits per heavy atom. The van der Waals surface area contributed by atoms with Crippen LogP contribution in [0.15, 0.2) is 48.5 Å². The highest BCUT2D eigenvalue weighted by Gasteiger charge is 1.99. The summed E-state index contributed by atoms with van der Waals surface area (Å²) in [6.45, 7) is 3.51. The second-order valence-corrected chi connectivity index (χ2v) is 4.18. The fourth-order valence-electron chi connectivity index (χ4n) is 1.79. The number of ether oxygens (including phenoxy) is 2. The topological polar surface area (TPSA) is 30.5 Å². The van der Waals surface area contributed by atoms with Crippen LogP contribution < -0.4 is 14.8 Å². The summed E-state index contributed by atoms with van der Waals surface area (Å²) in [4.78, 5) is 0. The molecule has 0 saturated carbocycles. The predicted octanol–water partition coefficient (Wildman–Crippen LogP) is 3.60. The smallest absolute Gasteiger partial charge is 0.127 e. The minimum absolute atomic E-state index is 0.674. The normalized spacial score (nSPS) is 10.2. The van der Waals surface area contributed by atoms with Gasteiger partial charge in [0.15, 0.2) is 0 Å². The molecule has 0 unspecified atom stereocenters. The highest BCUT2D eigenvalue weighted by atomic mass is 16.5. The molecular formula is C16H19NO2. The first-order chi connectivity index (χ1) is 9.31. The highest BCUT2D eigenvalue weighted by molar-refractivity contribution is 5.36. The molecule has 0 atom stereocenters. The predicted molar refractivity (Wildman–Crippen MR) is 76.9 cm³/mol. The summed E-state index contributed by atoms with van der Waals surface area (Å²) >= 11 is 0. The third-order valence-corrected chi connectivity index (χ3v) is 2.67. The van der Waals surface area contributed by atoms with Crippen LogP contribution in [0, 0.1) is 0 Å². The van der Waals surface area contributed by atoms with E-state index in [1.807, 2.05) is 50.4 Å². The lowest BCUT2D eigenvalue weighted by atomic mass is 10.2. The number of benzene rings is 2. The molecule has 0 saturated heterocycles. The Bertz CT molecular complexity index is 444. The molecular weight excluding hydrogens is 238 g/mol. The minimum atomic E-state index is 0.674. The van der Waals surface area contributed by atoms with Crippen molar-refractivity contribution in [2.75, 3.05) is 13.7 Å². The fraction of sp³-hybridized carbons (Fsp3) is 0.250. The van der Waals surface area contributed by atoms with Crippen LogP contribution >= 0.6 is 0 Å². The average Bonchev–Trinajstić information content (AvgIpc) is 2.44. The number of nitrogens with one attached hydrogen (secondary N) is 1. The van der Waals surface area contributed by atoms with E-state index in [0.717, 1.165) is 23.8 Å². The van der Waals surface area contributed by atoms with E-state index in [4.69, 9.17) is 9.47 Å². The van der Waals surface area contributed by atoms with Gasteiger partial charge in [-0.25, -0.2) is 0 Å². The van der Waals surface area contributed by atoms with Crippen molar-refractivity contribution in [3.8, 4) is 17.2 Å². The van der Waals surface area contributed by atoms with Crippen molar-refractivity contribution in [3.05, 3.63) is 54.1 Å². The summed E-state index contributed by atoms with van der Waals surface area (Å²) in [7, 11) is 1.93. The van der Waals surface area contributed by atoms with E-state index in [1.54, 1.807) is 0 Å². The third-order valence-electron chi connectivity index (χ3n) is 2.67. The molecule has 0 aliphatic heterocycles. The zero-order valence-electron chi connectivity index (χ0n) is 11.3. The molecule has 0 heterocycles. The van der Waals surface area contributed by atoms with E-state index in [0.29, 0.717) is 6.61 Å². The van der Waals surface area contributed by atoms with Gasteiger partial charge in [-0.15, -0.1) is 0 Å². The Kier molecular flexibility index (Phi) is 4.81. The molecule has 0 aliphatic carbocycles. The first-order valence-electron chi connectivity index (χ1n) is 6.46. The first kappa shape index (κ1) is 13.4. The van der Waals surface area contributed by atoms with Crippen molar-refractivity contribution >= 4 is 0 Å². The molecule has 0 bridgehead atoms. The monoisotopic (exact) mass is 257 g/mol. The van der Waals surface area contributed by atoms with E-state index in [1.165, 1.54) is 5.56 Å². The highest BCUT2D eigenvalue weighted by Crippen LogP contribution is 2.24. The Labute approximate surface area is 114 Å². The molecule has 2 rings (SSSR count). The van der Waals surface area contributed by atoms with Crippen LogP contribution in [0.2, 0.25) is 0 Å². The lowest BCUT2D eigenvalue weighted by molar-refractivity contribution is 0.339. The summed E-state index contributed by atoms with van der Waals surface area (Å²) < 4.78 is 11.2. The Morgan fingerprint density at radius 1 is 0.842 bits per heavy atom. The SMILES string of the molecule is CCOc1ccc(Oc2ccc(CNC)cc2)cc1. The number of hydrogen-bond donors (Lipinski definition) is 1. The van der Waals surface area contributed by atoms with Crippen molar-refractivity contribution in [2.45, 2.75) is 13.5 Å². The molecule has 19 heavy (non-hydrogen) atoms. The molecule has 3 nitrogen and oxygen atoms in total. The summed E-state index contributed by atoms with van der Waals surface area (Å²) in [6.07, 6.45) is 0. The van der Waals surface area contributed by atoms with E-state index in [9.17, 15) is 0 Å². The minimum Gasteiger partial charge on any atom is -0.494 e. The van der Waals surface area contributed by atoms with Crippen LogP contribution in [0.4, 0.5) is 0 Å². The Morgan fingerprint density at radius 3 is 1.89 bits per heavy atom. The molecule has 2 aromatic rings. The Balaban J connectivity index is 1.99. The van der Waals surface area contributed by atoms with Gasteiger partial charge in [-0.05, 0) is 55.9 Å². The van der Waals surface area contributed by atoms with Crippen molar-refractivity contribution in [3.63, 3.8) is 0 Å².